The molecule has 0 bridgehead atoms. The van der Waals surface area contributed by atoms with Gasteiger partial charge in [-0.3, -0.25) is 9.79 Å². The van der Waals surface area contributed by atoms with Gasteiger partial charge in [0.1, 0.15) is 0 Å². The minimum atomic E-state index is 0.0857. The molecule has 6 heteroatoms. The van der Waals surface area contributed by atoms with Crippen LogP contribution in [0.15, 0.2) is 35.5 Å². The van der Waals surface area contributed by atoms with Gasteiger partial charge in [-0.05, 0) is 37.8 Å². The first-order valence-electron chi connectivity index (χ1n) is 10.0. The van der Waals surface area contributed by atoms with E-state index in [1.165, 1.54) is 16.5 Å². The lowest BCUT2D eigenvalue weighted by Crippen LogP contribution is -2.51. The van der Waals surface area contributed by atoms with E-state index in [2.05, 4.69) is 57.9 Å². The Kier molecular flexibility index (Phi) is 5.05. The van der Waals surface area contributed by atoms with Crippen LogP contribution in [-0.4, -0.2) is 54.5 Å². The number of amides is 1. The minimum Gasteiger partial charge on any atom is -0.361 e. The van der Waals surface area contributed by atoms with Crippen LogP contribution in [0.1, 0.15) is 31.7 Å². The Hall–Kier alpha value is -2.50. The van der Waals surface area contributed by atoms with E-state index in [0.717, 1.165) is 57.9 Å². The molecule has 3 N–H and O–H groups in total. The fraction of sp³-hybridized carbons (Fsp3) is 0.524. The molecule has 2 fully saturated rings. The van der Waals surface area contributed by atoms with E-state index in [4.69, 9.17) is 4.99 Å². The van der Waals surface area contributed by atoms with Crippen LogP contribution in [0.2, 0.25) is 0 Å². The number of nitrogens with zero attached hydrogens (tertiary/aromatic N) is 2. The van der Waals surface area contributed by atoms with Gasteiger partial charge in [0.05, 0.1) is 0 Å². The number of likely N-dealkylation sites (tertiary alicyclic amines) is 1. The number of nitrogens with one attached hydrogen (secondary N) is 3. The van der Waals surface area contributed by atoms with Crippen molar-refractivity contribution >= 4 is 22.8 Å². The van der Waals surface area contributed by atoms with Gasteiger partial charge in [-0.2, -0.15) is 0 Å². The number of para-hydroxylation sites is 1. The third kappa shape index (κ3) is 3.80. The Balaban J connectivity index is 1.44. The van der Waals surface area contributed by atoms with Gasteiger partial charge in [-0.1, -0.05) is 18.2 Å². The van der Waals surface area contributed by atoms with Crippen molar-refractivity contribution in [2.75, 3.05) is 32.7 Å². The molecule has 4 rings (SSSR count). The van der Waals surface area contributed by atoms with Crippen molar-refractivity contribution in [1.82, 2.24) is 20.5 Å². The maximum Gasteiger partial charge on any atom is 0.220 e. The van der Waals surface area contributed by atoms with E-state index >= 15 is 0 Å². The van der Waals surface area contributed by atoms with Gasteiger partial charge in [0.25, 0.3) is 0 Å². The predicted octanol–water partition coefficient (Wildman–Crippen LogP) is 2.28. The lowest BCUT2D eigenvalue weighted by Gasteiger charge is -2.40. The normalized spacial score (nSPS) is 23.2. The first-order chi connectivity index (χ1) is 13.2. The van der Waals surface area contributed by atoms with Gasteiger partial charge in [0, 0.05) is 61.7 Å². The molecule has 6 nitrogen and oxygen atoms in total. The largest absolute Gasteiger partial charge is 0.361 e. The van der Waals surface area contributed by atoms with Crippen LogP contribution in [0.5, 0.6) is 0 Å². The van der Waals surface area contributed by atoms with Crippen molar-refractivity contribution in [2.24, 2.45) is 10.4 Å². The Labute approximate surface area is 160 Å². The van der Waals surface area contributed by atoms with E-state index in [0.29, 0.717) is 6.42 Å². The number of fused-ring (bicyclic) bond motifs is 1. The molecule has 1 atom stereocenters. The fourth-order valence-corrected chi connectivity index (χ4v) is 4.48. The fourth-order valence-electron chi connectivity index (χ4n) is 4.48. The topological polar surface area (TPSA) is 72.5 Å². The van der Waals surface area contributed by atoms with Gasteiger partial charge < -0.3 is 20.5 Å². The molecule has 0 saturated carbocycles. The molecule has 144 valence electrons. The molecule has 2 aliphatic rings. The molecule has 27 heavy (non-hydrogen) atoms. The number of hydrogen-bond acceptors (Lipinski definition) is 2. The first kappa shape index (κ1) is 17.9. The SMILES string of the molecule is CCNC(=NCCc1c[nH]c2ccccc12)N1CCCC2(CNC(=O)C2)C1. The predicted molar refractivity (Wildman–Crippen MR) is 109 cm³/mol. The Bertz CT molecular complexity index is 842. The highest BCUT2D eigenvalue weighted by atomic mass is 16.1. The number of piperidine rings is 1. The monoisotopic (exact) mass is 367 g/mol. The van der Waals surface area contributed by atoms with Crippen LogP contribution in [0.25, 0.3) is 10.9 Å². The number of carbonyl (C=O) groups is 1. The Morgan fingerprint density at radius 3 is 3.07 bits per heavy atom. The van der Waals surface area contributed by atoms with Crippen LogP contribution >= 0.6 is 0 Å². The van der Waals surface area contributed by atoms with Crippen molar-refractivity contribution in [2.45, 2.75) is 32.6 Å². The van der Waals surface area contributed by atoms with E-state index in [1.54, 1.807) is 0 Å². The number of carbonyl (C=O) groups excluding carboxylic acids is 1. The van der Waals surface area contributed by atoms with Gasteiger partial charge in [-0.15, -0.1) is 0 Å². The van der Waals surface area contributed by atoms with Crippen LogP contribution < -0.4 is 10.6 Å². The zero-order valence-corrected chi connectivity index (χ0v) is 16.1. The Morgan fingerprint density at radius 2 is 2.26 bits per heavy atom. The number of aromatic amines is 1. The Morgan fingerprint density at radius 1 is 1.37 bits per heavy atom. The van der Waals surface area contributed by atoms with Crippen LogP contribution in [0, 0.1) is 5.41 Å². The van der Waals surface area contributed by atoms with Crippen molar-refractivity contribution in [3.05, 3.63) is 36.0 Å². The number of H-pyrrole nitrogens is 1. The second-order valence-electron chi connectivity index (χ2n) is 7.82. The summed E-state index contributed by atoms with van der Waals surface area (Å²) in [6, 6.07) is 8.40. The van der Waals surface area contributed by atoms with Gasteiger partial charge in [-0.25, -0.2) is 0 Å². The average Bonchev–Trinajstić information content (AvgIpc) is 3.25. The second kappa shape index (κ2) is 7.62. The molecule has 1 aromatic carbocycles. The molecule has 2 aromatic rings. The standard InChI is InChI=1S/C21H29N5O/c1-2-22-20(26-11-5-9-21(15-26)12-19(27)25-14-21)23-10-8-16-13-24-18-7-4-3-6-17(16)18/h3-4,6-7,13,24H,2,5,8-12,14-15H2,1H3,(H,22,23)(H,25,27). The van der Waals surface area contributed by atoms with Crippen molar-refractivity contribution in [3.63, 3.8) is 0 Å². The molecule has 2 saturated heterocycles. The summed E-state index contributed by atoms with van der Waals surface area (Å²) in [6.07, 6.45) is 5.90. The lowest BCUT2D eigenvalue weighted by molar-refractivity contribution is -0.119. The van der Waals surface area contributed by atoms with Crippen molar-refractivity contribution < 1.29 is 4.79 Å². The van der Waals surface area contributed by atoms with E-state index in [-0.39, 0.29) is 11.3 Å². The highest BCUT2D eigenvalue weighted by Gasteiger charge is 2.42. The summed E-state index contributed by atoms with van der Waals surface area (Å²) in [4.78, 5) is 22.3. The number of aliphatic imine (C=N–C) groups is 1. The summed E-state index contributed by atoms with van der Waals surface area (Å²) < 4.78 is 0. The third-order valence-corrected chi connectivity index (χ3v) is 5.81. The molecule has 1 unspecified atom stereocenters. The van der Waals surface area contributed by atoms with Gasteiger partial charge in [0.15, 0.2) is 5.96 Å². The van der Waals surface area contributed by atoms with Gasteiger partial charge in [0.2, 0.25) is 5.91 Å². The van der Waals surface area contributed by atoms with Crippen molar-refractivity contribution in [3.8, 4) is 0 Å². The number of guanidine groups is 1. The molecular formula is C21H29N5O. The molecule has 2 aliphatic heterocycles. The molecule has 1 aromatic heterocycles. The van der Waals surface area contributed by atoms with Crippen LogP contribution in [0.4, 0.5) is 0 Å². The summed E-state index contributed by atoms with van der Waals surface area (Å²) in [7, 11) is 0. The highest BCUT2D eigenvalue weighted by molar-refractivity contribution is 5.83. The highest BCUT2D eigenvalue weighted by Crippen LogP contribution is 2.36. The maximum absolute atomic E-state index is 11.8. The molecule has 1 amide bonds. The molecule has 1 spiro atoms. The summed E-state index contributed by atoms with van der Waals surface area (Å²) in [5.74, 6) is 1.17. The summed E-state index contributed by atoms with van der Waals surface area (Å²) in [5, 5.41) is 7.75. The summed E-state index contributed by atoms with van der Waals surface area (Å²) in [6.45, 7) is 6.43. The molecule has 0 radical (unpaired) electrons. The van der Waals surface area contributed by atoms with Crippen LogP contribution in [-0.2, 0) is 11.2 Å². The maximum atomic E-state index is 11.8. The quantitative estimate of drug-likeness (QED) is 0.573. The van der Waals surface area contributed by atoms with Crippen molar-refractivity contribution in [1.29, 1.82) is 0 Å². The van der Waals surface area contributed by atoms with E-state index < -0.39 is 0 Å². The molecular weight excluding hydrogens is 338 g/mol. The number of rotatable bonds is 4. The number of benzene rings is 1. The van der Waals surface area contributed by atoms with Gasteiger partial charge >= 0.3 is 0 Å². The van der Waals surface area contributed by atoms with E-state index in [9.17, 15) is 4.79 Å². The smallest absolute Gasteiger partial charge is 0.220 e. The summed E-state index contributed by atoms with van der Waals surface area (Å²) >= 11 is 0. The van der Waals surface area contributed by atoms with Crippen LogP contribution in [0.3, 0.4) is 0 Å². The summed E-state index contributed by atoms with van der Waals surface area (Å²) in [5.41, 5.74) is 2.58. The second-order valence-corrected chi connectivity index (χ2v) is 7.82. The first-order valence-corrected chi connectivity index (χ1v) is 10.0. The lowest BCUT2D eigenvalue weighted by atomic mass is 9.79. The zero-order chi connectivity index (χ0) is 18.7. The number of hydrogen-bond donors (Lipinski definition) is 3. The molecule has 3 heterocycles. The number of aromatic nitrogens is 1. The average molecular weight is 367 g/mol. The van der Waals surface area contributed by atoms with E-state index in [1.807, 2.05) is 0 Å². The molecule has 0 aliphatic carbocycles. The minimum absolute atomic E-state index is 0.0857. The zero-order valence-electron chi connectivity index (χ0n) is 16.1. The third-order valence-electron chi connectivity index (χ3n) is 5.81.